The minimum Gasteiger partial charge on any atom is -0.475 e. The molecule has 1 aromatic rings. The van der Waals surface area contributed by atoms with Crippen LogP contribution in [0, 0.1) is 6.92 Å². The molecule has 2 heterocycles. The van der Waals surface area contributed by atoms with Crippen LogP contribution in [0.25, 0.3) is 0 Å². The quantitative estimate of drug-likeness (QED) is 0.787. The van der Waals surface area contributed by atoms with E-state index < -0.39 is 5.97 Å². The molecule has 92 valence electrons. The highest BCUT2D eigenvalue weighted by Gasteiger charge is 2.19. The lowest BCUT2D eigenvalue weighted by Crippen LogP contribution is -2.47. The second-order valence-electron chi connectivity index (χ2n) is 4.06. The zero-order valence-corrected chi connectivity index (χ0v) is 9.52. The summed E-state index contributed by atoms with van der Waals surface area (Å²) in [5.41, 5.74) is 0.817. The van der Waals surface area contributed by atoms with Gasteiger partial charge in [0.1, 0.15) is 5.76 Å². The van der Waals surface area contributed by atoms with Crippen LogP contribution in [0.4, 0.5) is 0 Å². The minimum atomic E-state index is -1.07. The highest BCUT2D eigenvalue weighted by Crippen LogP contribution is 2.17. The predicted octanol–water partition coefficient (Wildman–Crippen LogP) is 0.218. The average molecular weight is 238 g/mol. The van der Waals surface area contributed by atoms with Crippen LogP contribution in [-0.2, 0) is 11.3 Å². The summed E-state index contributed by atoms with van der Waals surface area (Å²) in [7, 11) is 0. The number of carbonyl (C=O) groups is 2. The van der Waals surface area contributed by atoms with E-state index in [4.69, 9.17) is 9.52 Å². The molecule has 0 saturated carbocycles. The van der Waals surface area contributed by atoms with E-state index in [1.807, 2.05) is 4.90 Å². The molecule has 6 nitrogen and oxygen atoms in total. The molecule has 0 radical (unpaired) electrons. The zero-order chi connectivity index (χ0) is 12.4. The van der Waals surface area contributed by atoms with Crippen molar-refractivity contribution in [1.82, 2.24) is 10.2 Å². The number of carbonyl (C=O) groups excluding carboxylic acids is 1. The summed E-state index contributed by atoms with van der Waals surface area (Å²) < 4.78 is 5.12. The molecule has 6 heteroatoms. The number of piperazine rings is 1. The van der Waals surface area contributed by atoms with E-state index in [9.17, 15) is 9.59 Å². The lowest BCUT2D eigenvalue weighted by molar-refractivity contribution is -0.124. The van der Waals surface area contributed by atoms with E-state index in [2.05, 4.69) is 5.32 Å². The van der Waals surface area contributed by atoms with E-state index in [-0.39, 0.29) is 11.7 Å². The second-order valence-corrected chi connectivity index (χ2v) is 4.06. The highest BCUT2D eigenvalue weighted by molar-refractivity contribution is 5.84. The Morgan fingerprint density at radius 3 is 3.00 bits per heavy atom. The van der Waals surface area contributed by atoms with Crippen LogP contribution < -0.4 is 5.32 Å². The Hall–Kier alpha value is -1.82. The van der Waals surface area contributed by atoms with Crippen molar-refractivity contribution in [2.24, 2.45) is 0 Å². The van der Waals surface area contributed by atoms with Gasteiger partial charge in [0.05, 0.1) is 6.54 Å². The van der Waals surface area contributed by atoms with Gasteiger partial charge in [-0.1, -0.05) is 0 Å². The van der Waals surface area contributed by atoms with Gasteiger partial charge in [-0.05, 0) is 13.0 Å². The maximum Gasteiger partial charge on any atom is 0.371 e. The Labute approximate surface area is 98.2 Å². The Balaban J connectivity index is 2.07. The fourth-order valence-corrected chi connectivity index (χ4v) is 1.85. The first-order valence-corrected chi connectivity index (χ1v) is 5.38. The lowest BCUT2D eigenvalue weighted by atomic mass is 10.2. The summed E-state index contributed by atoms with van der Waals surface area (Å²) >= 11 is 0. The van der Waals surface area contributed by atoms with Gasteiger partial charge in [-0.3, -0.25) is 9.69 Å². The third-order valence-electron chi connectivity index (χ3n) is 2.74. The number of aryl methyl sites for hydroxylation is 1. The first kappa shape index (κ1) is 11.7. The normalized spacial score (nSPS) is 16.9. The Morgan fingerprint density at radius 2 is 2.41 bits per heavy atom. The van der Waals surface area contributed by atoms with Crippen molar-refractivity contribution in [3.63, 3.8) is 0 Å². The largest absolute Gasteiger partial charge is 0.475 e. The first-order chi connectivity index (χ1) is 8.06. The number of amides is 1. The molecule has 0 aliphatic carbocycles. The van der Waals surface area contributed by atoms with Crippen molar-refractivity contribution in [1.29, 1.82) is 0 Å². The van der Waals surface area contributed by atoms with Crippen LogP contribution >= 0.6 is 0 Å². The molecular formula is C11H14N2O4. The Morgan fingerprint density at radius 1 is 1.65 bits per heavy atom. The topological polar surface area (TPSA) is 82.8 Å². The summed E-state index contributed by atoms with van der Waals surface area (Å²) in [6.45, 7) is 4.00. The molecule has 2 rings (SSSR count). The number of furan rings is 1. The maximum atomic E-state index is 11.2. The highest BCUT2D eigenvalue weighted by atomic mass is 16.4. The smallest absolute Gasteiger partial charge is 0.371 e. The van der Waals surface area contributed by atoms with E-state index in [0.29, 0.717) is 25.4 Å². The molecule has 0 bridgehead atoms. The monoisotopic (exact) mass is 238 g/mol. The fraction of sp³-hybridized carbons (Fsp3) is 0.455. The molecule has 0 aromatic carbocycles. The summed E-state index contributed by atoms with van der Waals surface area (Å²) in [6.07, 6.45) is 0. The lowest BCUT2D eigenvalue weighted by Gasteiger charge is -2.25. The number of hydrogen-bond donors (Lipinski definition) is 2. The van der Waals surface area contributed by atoms with Gasteiger partial charge in [0.2, 0.25) is 11.7 Å². The molecule has 1 saturated heterocycles. The van der Waals surface area contributed by atoms with Crippen LogP contribution in [-0.4, -0.2) is 41.5 Å². The molecule has 1 fully saturated rings. The molecule has 1 aromatic heterocycles. The number of carboxylic acid groups (broad SMARTS) is 1. The minimum absolute atomic E-state index is 0.00384. The second kappa shape index (κ2) is 4.58. The molecule has 0 spiro atoms. The maximum absolute atomic E-state index is 11.2. The number of carboxylic acids is 1. The summed E-state index contributed by atoms with van der Waals surface area (Å²) in [5, 5.41) is 11.5. The fourth-order valence-electron chi connectivity index (χ4n) is 1.85. The van der Waals surface area contributed by atoms with Gasteiger partial charge in [-0.25, -0.2) is 4.79 Å². The number of nitrogens with one attached hydrogen (secondary N) is 1. The molecule has 1 amide bonds. The summed E-state index contributed by atoms with van der Waals surface area (Å²) in [6, 6.07) is 1.52. The third kappa shape index (κ3) is 2.65. The molecule has 1 aliphatic rings. The molecule has 17 heavy (non-hydrogen) atoms. The van der Waals surface area contributed by atoms with Gasteiger partial charge in [0.25, 0.3) is 0 Å². The van der Waals surface area contributed by atoms with Gasteiger partial charge in [-0.15, -0.1) is 0 Å². The third-order valence-corrected chi connectivity index (χ3v) is 2.74. The van der Waals surface area contributed by atoms with Gasteiger partial charge in [-0.2, -0.15) is 0 Å². The van der Waals surface area contributed by atoms with Gasteiger partial charge in [0.15, 0.2) is 0 Å². The van der Waals surface area contributed by atoms with Crippen molar-refractivity contribution in [2.45, 2.75) is 13.5 Å². The average Bonchev–Trinajstić information content (AvgIpc) is 2.61. The number of nitrogens with zero attached hydrogens (tertiary/aromatic N) is 1. The van der Waals surface area contributed by atoms with Crippen molar-refractivity contribution in [2.75, 3.05) is 19.6 Å². The van der Waals surface area contributed by atoms with Gasteiger partial charge < -0.3 is 14.8 Å². The molecule has 1 aliphatic heterocycles. The van der Waals surface area contributed by atoms with Gasteiger partial charge >= 0.3 is 5.97 Å². The molecule has 0 atom stereocenters. The van der Waals surface area contributed by atoms with Gasteiger partial charge in [0, 0.05) is 25.2 Å². The first-order valence-electron chi connectivity index (χ1n) is 5.38. The summed E-state index contributed by atoms with van der Waals surface area (Å²) in [5.74, 6) is -0.543. The standard InChI is InChI=1S/C11H14N2O4/c1-7-8(4-9(17-7)11(15)16)5-13-3-2-12-10(14)6-13/h4H,2-3,5-6H2,1H3,(H,12,14)(H,15,16). The van der Waals surface area contributed by atoms with Crippen molar-refractivity contribution >= 4 is 11.9 Å². The van der Waals surface area contributed by atoms with E-state index >= 15 is 0 Å². The van der Waals surface area contributed by atoms with Crippen LogP contribution in [0.2, 0.25) is 0 Å². The van der Waals surface area contributed by atoms with Crippen LogP contribution in [0.15, 0.2) is 10.5 Å². The van der Waals surface area contributed by atoms with E-state index in [1.54, 1.807) is 6.92 Å². The Bertz CT molecular complexity index is 452. The molecular weight excluding hydrogens is 224 g/mol. The molecule has 0 unspecified atom stereocenters. The van der Waals surface area contributed by atoms with Crippen molar-refractivity contribution in [3.8, 4) is 0 Å². The van der Waals surface area contributed by atoms with Crippen molar-refractivity contribution in [3.05, 3.63) is 23.2 Å². The predicted molar refractivity (Wildman–Crippen MR) is 58.7 cm³/mol. The number of hydrogen-bond acceptors (Lipinski definition) is 4. The van der Waals surface area contributed by atoms with Crippen LogP contribution in [0.3, 0.4) is 0 Å². The number of aromatic carboxylic acids is 1. The molecule has 2 N–H and O–H groups in total. The Kier molecular flexibility index (Phi) is 3.14. The van der Waals surface area contributed by atoms with Crippen LogP contribution in [0.1, 0.15) is 21.9 Å². The number of rotatable bonds is 3. The van der Waals surface area contributed by atoms with Crippen LogP contribution in [0.5, 0.6) is 0 Å². The summed E-state index contributed by atoms with van der Waals surface area (Å²) in [4.78, 5) is 23.9. The van der Waals surface area contributed by atoms with Crippen molar-refractivity contribution < 1.29 is 19.1 Å². The van der Waals surface area contributed by atoms with E-state index in [1.165, 1.54) is 6.07 Å². The zero-order valence-electron chi connectivity index (χ0n) is 9.52. The van der Waals surface area contributed by atoms with E-state index in [0.717, 1.165) is 12.1 Å². The SMILES string of the molecule is Cc1oc(C(=O)O)cc1CN1CCNC(=O)C1.